The second kappa shape index (κ2) is 5.97. The van der Waals surface area contributed by atoms with Crippen LogP contribution in [0.1, 0.15) is 13.8 Å². The van der Waals surface area contributed by atoms with Crippen LogP contribution in [0.15, 0.2) is 36.5 Å². The molecule has 1 aromatic heterocycles. The molecule has 0 aliphatic carbocycles. The fourth-order valence-corrected chi connectivity index (χ4v) is 1.82. The highest BCUT2D eigenvalue weighted by Gasteiger charge is 2.35. The summed E-state index contributed by atoms with van der Waals surface area (Å²) in [5, 5.41) is 17.1. The molecular weight excluding hydrogens is 284 g/mol. The van der Waals surface area contributed by atoms with Gasteiger partial charge in [-0.05, 0) is 13.8 Å². The molecule has 116 valence electrons. The van der Waals surface area contributed by atoms with Crippen molar-refractivity contribution in [2.45, 2.75) is 25.9 Å². The van der Waals surface area contributed by atoms with Gasteiger partial charge in [0, 0.05) is 12.6 Å². The Labute approximate surface area is 128 Å². The second-order valence-corrected chi connectivity index (χ2v) is 5.48. The molecular formula is C15H18N4O3. The van der Waals surface area contributed by atoms with Crippen LogP contribution in [0.4, 0.5) is 0 Å². The molecule has 22 heavy (non-hydrogen) atoms. The number of rotatable bonds is 5. The Morgan fingerprint density at radius 2 is 1.91 bits per heavy atom. The summed E-state index contributed by atoms with van der Waals surface area (Å²) >= 11 is 0. The maximum atomic E-state index is 12.2. The Morgan fingerprint density at radius 1 is 1.27 bits per heavy atom. The van der Waals surface area contributed by atoms with Gasteiger partial charge in [0.2, 0.25) is 5.91 Å². The molecule has 0 spiro atoms. The molecule has 7 heteroatoms. The van der Waals surface area contributed by atoms with Gasteiger partial charge in [0.25, 0.3) is 0 Å². The van der Waals surface area contributed by atoms with Gasteiger partial charge < -0.3 is 10.0 Å². The summed E-state index contributed by atoms with van der Waals surface area (Å²) in [4.78, 5) is 24.6. The Balaban J connectivity index is 2.10. The molecule has 0 radical (unpaired) electrons. The third kappa shape index (κ3) is 3.13. The lowest BCUT2D eigenvalue weighted by atomic mass is 10.0. The lowest BCUT2D eigenvalue weighted by molar-refractivity contribution is -0.155. The predicted octanol–water partition coefficient (Wildman–Crippen LogP) is 1.27. The maximum Gasteiger partial charge on any atom is 0.329 e. The molecule has 0 unspecified atom stereocenters. The molecule has 0 saturated carbocycles. The van der Waals surface area contributed by atoms with Crippen molar-refractivity contribution in [1.29, 1.82) is 0 Å². The zero-order valence-electron chi connectivity index (χ0n) is 12.7. The SMILES string of the molecule is CN(C(=O)Cn1cc(-c2ccccc2)nn1)C(C)(C)C(=O)O. The summed E-state index contributed by atoms with van der Waals surface area (Å²) in [7, 11) is 1.46. The number of carbonyl (C=O) groups excluding carboxylic acids is 1. The van der Waals surface area contributed by atoms with E-state index >= 15 is 0 Å². The molecule has 0 aliphatic heterocycles. The van der Waals surface area contributed by atoms with Crippen LogP contribution in [0.2, 0.25) is 0 Å². The van der Waals surface area contributed by atoms with Crippen LogP contribution in [0.25, 0.3) is 11.3 Å². The van der Waals surface area contributed by atoms with Gasteiger partial charge in [-0.25, -0.2) is 9.48 Å². The minimum atomic E-state index is -1.28. The van der Waals surface area contributed by atoms with Crippen molar-refractivity contribution in [2.24, 2.45) is 0 Å². The van der Waals surface area contributed by atoms with Gasteiger partial charge in [0.05, 0.1) is 6.20 Å². The Bertz CT molecular complexity index is 679. The Hall–Kier alpha value is -2.70. The first-order valence-electron chi connectivity index (χ1n) is 6.78. The van der Waals surface area contributed by atoms with Crippen molar-refractivity contribution < 1.29 is 14.7 Å². The predicted molar refractivity (Wildman–Crippen MR) is 79.9 cm³/mol. The molecule has 1 aromatic carbocycles. The van der Waals surface area contributed by atoms with E-state index in [1.807, 2.05) is 30.3 Å². The number of amides is 1. The fraction of sp³-hybridized carbons (Fsp3) is 0.333. The van der Waals surface area contributed by atoms with E-state index in [9.17, 15) is 9.59 Å². The topological polar surface area (TPSA) is 88.3 Å². The maximum absolute atomic E-state index is 12.2. The highest BCUT2D eigenvalue weighted by molar-refractivity contribution is 5.86. The standard InChI is InChI=1S/C15H18N4O3/c1-15(2,14(21)22)18(3)13(20)10-19-9-12(16-17-19)11-7-5-4-6-8-11/h4-9H,10H2,1-3H3,(H,21,22). The first-order chi connectivity index (χ1) is 10.3. The van der Waals surface area contributed by atoms with Gasteiger partial charge in [-0.2, -0.15) is 0 Å². The van der Waals surface area contributed by atoms with Gasteiger partial charge in [0.1, 0.15) is 17.8 Å². The Morgan fingerprint density at radius 3 is 2.50 bits per heavy atom. The zero-order valence-corrected chi connectivity index (χ0v) is 12.7. The van der Waals surface area contributed by atoms with Crippen LogP contribution in [0, 0.1) is 0 Å². The molecule has 0 atom stereocenters. The molecule has 0 aliphatic rings. The number of carboxylic acids is 1. The fourth-order valence-electron chi connectivity index (χ4n) is 1.82. The number of hydrogen-bond acceptors (Lipinski definition) is 4. The van der Waals surface area contributed by atoms with E-state index in [1.54, 1.807) is 6.20 Å². The van der Waals surface area contributed by atoms with Crippen LogP contribution in [0.5, 0.6) is 0 Å². The van der Waals surface area contributed by atoms with E-state index in [2.05, 4.69) is 10.3 Å². The third-order valence-electron chi connectivity index (χ3n) is 3.64. The smallest absolute Gasteiger partial charge is 0.329 e. The molecule has 0 bridgehead atoms. The average molecular weight is 302 g/mol. The number of nitrogens with zero attached hydrogens (tertiary/aromatic N) is 4. The van der Waals surface area contributed by atoms with E-state index in [1.165, 1.54) is 30.5 Å². The van der Waals surface area contributed by atoms with Crippen LogP contribution in [-0.2, 0) is 16.1 Å². The molecule has 7 nitrogen and oxygen atoms in total. The number of aromatic nitrogens is 3. The third-order valence-corrected chi connectivity index (χ3v) is 3.64. The van der Waals surface area contributed by atoms with Gasteiger partial charge in [0.15, 0.2) is 0 Å². The summed E-state index contributed by atoms with van der Waals surface area (Å²) in [5.41, 5.74) is 0.286. The summed E-state index contributed by atoms with van der Waals surface area (Å²) in [5.74, 6) is -1.41. The largest absolute Gasteiger partial charge is 0.480 e. The van der Waals surface area contributed by atoms with E-state index in [0.717, 1.165) is 5.56 Å². The van der Waals surface area contributed by atoms with Gasteiger partial charge in [-0.1, -0.05) is 35.5 Å². The number of aliphatic carboxylic acids is 1. The normalized spacial score (nSPS) is 11.2. The zero-order chi connectivity index (χ0) is 16.3. The van der Waals surface area contributed by atoms with Crippen molar-refractivity contribution in [3.63, 3.8) is 0 Å². The van der Waals surface area contributed by atoms with Gasteiger partial charge in [-0.3, -0.25) is 4.79 Å². The van der Waals surface area contributed by atoms with Crippen molar-refractivity contribution in [3.05, 3.63) is 36.5 Å². The average Bonchev–Trinajstić information content (AvgIpc) is 2.95. The van der Waals surface area contributed by atoms with E-state index in [4.69, 9.17) is 5.11 Å². The molecule has 2 aromatic rings. The van der Waals surface area contributed by atoms with Crippen LogP contribution >= 0.6 is 0 Å². The molecule has 0 fully saturated rings. The molecule has 1 amide bonds. The molecule has 0 saturated heterocycles. The molecule has 1 N–H and O–H groups in total. The Kier molecular flexibility index (Phi) is 4.25. The minimum Gasteiger partial charge on any atom is -0.480 e. The lowest BCUT2D eigenvalue weighted by Crippen LogP contribution is -2.51. The summed E-state index contributed by atoms with van der Waals surface area (Å²) in [6, 6.07) is 9.48. The highest BCUT2D eigenvalue weighted by atomic mass is 16.4. The number of carbonyl (C=O) groups is 2. The van der Waals surface area contributed by atoms with E-state index in [-0.39, 0.29) is 12.5 Å². The summed E-state index contributed by atoms with van der Waals surface area (Å²) < 4.78 is 1.40. The van der Waals surface area contributed by atoms with E-state index < -0.39 is 11.5 Å². The van der Waals surface area contributed by atoms with Crippen LogP contribution < -0.4 is 0 Å². The molecule has 1 heterocycles. The lowest BCUT2D eigenvalue weighted by Gasteiger charge is -2.31. The minimum absolute atomic E-state index is 0.0625. The highest BCUT2D eigenvalue weighted by Crippen LogP contribution is 2.16. The summed E-state index contributed by atoms with van der Waals surface area (Å²) in [6.45, 7) is 2.89. The van der Waals surface area contributed by atoms with Gasteiger partial charge in [-0.15, -0.1) is 5.10 Å². The number of hydrogen-bond donors (Lipinski definition) is 1. The van der Waals surface area contributed by atoms with Crippen molar-refractivity contribution in [3.8, 4) is 11.3 Å². The van der Waals surface area contributed by atoms with Crippen molar-refractivity contribution in [1.82, 2.24) is 19.9 Å². The second-order valence-electron chi connectivity index (χ2n) is 5.48. The first-order valence-corrected chi connectivity index (χ1v) is 6.78. The summed E-state index contributed by atoms with van der Waals surface area (Å²) in [6.07, 6.45) is 1.66. The monoisotopic (exact) mass is 302 g/mol. The van der Waals surface area contributed by atoms with Crippen molar-refractivity contribution in [2.75, 3.05) is 7.05 Å². The number of carboxylic acid groups (broad SMARTS) is 1. The molecule has 2 rings (SSSR count). The number of benzene rings is 1. The van der Waals surface area contributed by atoms with E-state index in [0.29, 0.717) is 5.69 Å². The quantitative estimate of drug-likeness (QED) is 0.898. The number of likely N-dealkylation sites (N-methyl/N-ethyl adjacent to an activating group) is 1. The van der Waals surface area contributed by atoms with Crippen LogP contribution in [0.3, 0.4) is 0 Å². The van der Waals surface area contributed by atoms with Crippen LogP contribution in [-0.4, -0.2) is 49.5 Å². The van der Waals surface area contributed by atoms with Crippen molar-refractivity contribution >= 4 is 11.9 Å². The first kappa shape index (κ1) is 15.7. The van der Waals surface area contributed by atoms with Gasteiger partial charge >= 0.3 is 5.97 Å².